The summed E-state index contributed by atoms with van der Waals surface area (Å²) in [4.78, 5) is 32.1. The molecule has 0 radical (unpaired) electrons. The van der Waals surface area contributed by atoms with Crippen molar-refractivity contribution >= 4 is 31.9 Å². The van der Waals surface area contributed by atoms with Gasteiger partial charge in [-0.05, 0) is 49.1 Å². The summed E-state index contributed by atoms with van der Waals surface area (Å²) in [5, 5.41) is 29.5. The minimum absolute atomic E-state index is 0.0575. The highest BCUT2D eigenvalue weighted by Crippen LogP contribution is 2.55. The van der Waals surface area contributed by atoms with Crippen LogP contribution in [0.3, 0.4) is 0 Å². The molecule has 6 N–H and O–H groups in total. The van der Waals surface area contributed by atoms with E-state index < -0.39 is 52.2 Å². The van der Waals surface area contributed by atoms with E-state index in [9.17, 15) is 28.6 Å². The van der Waals surface area contributed by atoms with Crippen LogP contribution < -0.4 is 5.32 Å². The zero-order valence-corrected chi connectivity index (χ0v) is 21.9. The molecular formula is C22H27FN4O9P2. The van der Waals surface area contributed by atoms with E-state index >= 15 is 0 Å². The Morgan fingerprint density at radius 2 is 1.97 bits per heavy atom. The number of anilines is 1. The number of aromatic nitrogens is 3. The molecule has 0 bridgehead atoms. The Labute approximate surface area is 215 Å². The minimum atomic E-state index is -4.83. The number of hydrogen-bond acceptors (Lipinski definition) is 9. The normalized spacial score (nSPS) is 27.0. The predicted octanol–water partition coefficient (Wildman–Crippen LogP) is 1.93. The fourth-order valence-electron chi connectivity index (χ4n) is 4.90. The number of fused-ring (bicyclic) bond motifs is 2. The lowest BCUT2D eigenvalue weighted by Gasteiger charge is -2.19. The number of halogens is 1. The smallest absolute Gasteiger partial charge is 0.340 e. The molecule has 38 heavy (non-hydrogen) atoms. The highest BCUT2D eigenvalue weighted by molar-refractivity contribution is 7.70. The van der Waals surface area contributed by atoms with Crippen LogP contribution >= 0.6 is 15.2 Å². The molecule has 2 aliphatic rings. The number of nitrogens with one attached hydrogen (secondary N) is 1. The van der Waals surface area contributed by atoms with Crippen molar-refractivity contribution in [1.82, 2.24) is 14.8 Å². The maximum Gasteiger partial charge on any atom is 0.340 e. The SMILES string of the molecule is Cc1cc(N[C@@H]2CCc3cc(F)ccc32)c2cnn([C@@H]3O[C@H](COP(=O)(O)CP(=O)(O)O)[C@H](O)[C@@H]3O)c2n1. The van der Waals surface area contributed by atoms with Gasteiger partial charge in [-0.15, -0.1) is 0 Å². The molecule has 1 fully saturated rings. The van der Waals surface area contributed by atoms with Crippen molar-refractivity contribution in [3.8, 4) is 0 Å². The van der Waals surface area contributed by atoms with E-state index in [0.29, 0.717) is 22.4 Å². The second kappa shape index (κ2) is 10.1. The largest absolute Gasteiger partial charge is 0.387 e. The average molecular weight is 572 g/mol. The Morgan fingerprint density at radius 3 is 2.71 bits per heavy atom. The highest BCUT2D eigenvalue weighted by Gasteiger charge is 2.46. The molecule has 2 aromatic heterocycles. The first-order valence-electron chi connectivity index (χ1n) is 11.7. The van der Waals surface area contributed by atoms with E-state index in [-0.39, 0.29) is 11.9 Å². The number of aliphatic hydroxyl groups excluding tert-OH is 2. The number of aryl methyl sites for hydroxylation is 2. The van der Waals surface area contributed by atoms with E-state index in [4.69, 9.17) is 19.0 Å². The zero-order chi connectivity index (χ0) is 27.4. The first-order valence-corrected chi connectivity index (χ1v) is 15.3. The summed E-state index contributed by atoms with van der Waals surface area (Å²) in [6, 6.07) is 6.51. The van der Waals surface area contributed by atoms with Crippen LogP contribution in [0.5, 0.6) is 0 Å². The van der Waals surface area contributed by atoms with Crippen molar-refractivity contribution < 1.29 is 47.7 Å². The Morgan fingerprint density at radius 1 is 1.21 bits per heavy atom. The summed E-state index contributed by atoms with van der Waals surface area (Å²) in [6.07, 6.45) is -2.55. The molecule has 3 heterocycles. The second-order valence-corrected chi connectivity index (χ2v) is 13.5. The molecule has 1 aromatic carbocycles. The molecule has 1 saturated heterocycles. The van der Waals surface area contributed by atoms with E-state index in [1.165, 1.54) is 23.0 Å². The number of ether oxygens (including phenoxy) is 1. The fraction of sp³-hybridized carbons (Fsp3) is 0.455. The molecule has 1 aliphatic heterocycles. The van der Waals surface area contributed by atoms with Crippen LogP contribution in [0.2, 0.25) is 0 Å². The standard InChI is InChI=1S/C22H27FN4O9P2/c1-11-6-17(26-16-5-2-12-7-13(23)3-4-14(12)16)15-8-24-27(21(15)25-11)22-20(29)19(28)18(36-22)9-35-38(33,34)10-37(30,31)32/h3-4,6-8,16,18-20,22,28-29H,2,5,9-10H2,1H3,(H,25,26)(H,33,34)(H2,30,31,32)/t16-,18-,19+,20+,22-/m1/s1. The van der Waals surface area contributed by atoms with Crippen molar-refractivity contribution in [3.63, 3.8) is 0 Å². The molecule has 13 nitrogen and oxygen atoms in total. The fourth-order valence-corrected chi connectivity index (χ4v) is 7.47. The number of aliphatic hydroxyl groups is 2. The van der Waals surface area contributed by atoms with Gasteiger partial charge in [0.05, 0.1) is 24.2 Å². The van der Waals surface area contributed by atoms with Crippen molar-refractivity contribution in [2.75, 3.05) is 17.8 Å². The molecule has 6 atom stereocenters. The Bertz CT molecular complexity index is 1460. The molecule has 0 saturated carbocycles. The second-order valence-electron chi connectivity index (χ2n) is 9.50. The van der Waals surface area contributed by atoms with Crippen molar-refractivity contribution in [2.45, 2.75) is 50.3 Å². The van der Waals surface area contributed by atoms with Crippen LogP contribution in [0, 0.1) is 12.7 Å². The van der Waals surface area contributed by atoms with E-state index in [1.807, 2.05) is 6.07 Å². The Kier molecular flexibility index (Phi) is 7.23. The molecule has 206 valence electrons. The zero-order valence-electron chi connectivity index (χ0n) is 20.1. The number of benzene rings is 1. The average Bonchev–Trinajstić information content (AvgIpc) is 3.47. The van der Waals surface area contributed by atoms with Crippen LogP contribution in [0.1, 0.15) is 35.5 Å². The van der Waals surface area contributed by atoms with Gasteiger partial charge in [0.1, 0.15) is 24.1 Å². The maximum atomic E-state index is 13.6. The van der Waals surface area contributed by atoms with Gasteiger partial charge in [0.15, 0.2) is 17.8 Å². The summed E-state index contributed by atoms with van der Waals surface area (Å²) < 4.78 is 48.4. The van der Waals surface area contributed by atoms with Crippen LogP contribution in [0.4, 0.5) is 10.1 Å². The number of rotatable bonds is 8. The Hall–Kier alpha value is -2.25. The molecule has 5 rings (SSSR count). The lowest BCUT2D eigenvalue weighted by atomic mass is 10.1. The van der Waals surface area contributed by atoms with Crippen LogP contribution in [-0.2, 0) is 24.8 Å². The van der Waals surface area contributed by atoms with E-state index in [1.54, 1.807) is 13.0 Å². The third-order valence-electron chi connectivity index (χ3n) is 6.59. The van der Waals surface area contributed by atoms with Crippen LogP contribution in [0.25, 0.3) is 11.0 Å². The van der Waals surface area contributed by atoms with E-state index in [0.717, 1.165) is 24.0 Å². The van der Waals surface area contributed by atoms with Gasteiger partial charge in [0, 0.05) is 11.4 Å². The molecule has 0 spiro atoms. The molecule has 16 heteroatoms. The molecule has 1 aliphatic carbocycles. The maximum absolute atomic E-state index is 13.6. The third-order valence-corrected chi connectivity index (χ3v) is 10.0. The number of hydrogen-bond donors (Lipinski definition) is 6. The quantitative estimate of drug-likeness (QED) is 0.215. The van der Waals surface area contributed by atoms with Crippen molar-refractivity contribution in [2.24, 2.45) is 0 Å². The van der Waals surface area contributed by atoms with Gasteiger partial charge in [0.2, 0.25) is 0 Å². The van der Waals surface area contributed by atoms with Gasteiger partial charge < -0.3 is 39.5 Å². The van der Waals surface area contributed by atoms with Crippen molar-refractivity contribution in [3.05, 3.63) is 53.1 Å². The first-order chi connectivity index (χ1) is 17.8. The third kappa shape index (κ3) is 5.55. The van der Waals surface area contributed by atoms with E-state index in [2.05, 4.69) is 15.4 Å². The highest BCUT2D eigenvalue weighted by atomic mass is 31.2. The number of nitrogens with zero attached hydrogens (tertiary/aromatic N) is 3. The summed E-state index contributed by atoms with van der Waals surface area (Å²) in [5.74, 6) is -1.67. The van der Waals surface area contributed by atoms with Gasteiger partial charge in [-0.25, -0.2) is 14.1 Å². The number of pyridine rings is 1. The molecule has 1 unspecified atom stereocenters. The molecule has 3 aromatic rings. The topological polar surface area (TPSA) is 196 Å². The lowest BCUT2D eigenvalue weighted by Crippen LogP contribution is -2.33. The molecular weight excluding hydrogens is 545 g/mol. The summed E-state index contributed by atoms with van der Waals surface area (Å²) >= 11 is 0. The minimum Gasteiger partial charge on any atom is -0.387 e. The van der Waals surface area contributed by atoms with Crippen molar-refractivity contribution in [1.29, 1.82) is 0 Å². The van der Waals surface area contributed by atoms with Gasteiger partial charge in [-0.1, -0.05) is 6.07 Å². The summed E-state index contributed by atoms with van der Waals surface area (Å²) in [6.45, 7) is 1.07. The summed E-state index contributed by atoms with van der Waals surface area (Å²) in [7, 11) is -9.52. The van der Waals surface area contributed by atoms with Gasteiger partial charge >= 0.3 is 15.2 Å². The predicted molar refractivity (Wildman–Crippen MR) is 132 cm³/mol. The van der Waals surface area contributed by atoms with Gasteiger partial charge in [-0.3, -0.25) is 9.13 Å². The Balaban J connectivity index is 1.37. The van der Waals surface area contributed by atoms with Crippen LogP contribution in [0.15, 0.2) is 30.5 Å². The lowest BCUT2D eigenvalue weighted by molar-refractivity contribution is -0.0541. The van der Waals surface area contributed by atoms with Crippen LogP contribution in [-0.4, -0.2) is 70.5 Å². The monoisotopic (exact) mass is 572 g/mol. The van der Waals surface area contributed by atoms with Gasteiger partial charge in [-0.2, -0.15) is 5.10 Å². The van der Waals surface area contributed by atoms with Gasteiger partial charge in [0.25, 0.3) is 0 Å². The first kappa shape index (κ1) is 27.3. The summed E-state index contributed by atoms with van der Waals surface area (Å²) in [5.41, 5.74) is 3.63. The molecule has 0 amide bonds.